The molecule has 0 bridgehead atoms. The van der Waals surface area contributed by atoms with Gasteiger partial charge in [-0.2, -0.15) is 4.99 Å². The van der Waals surface area contributed by atoms with E-state index in [2.05, 4.69) is 39.3 Å². The molecule has 4 heteroatoms. The molecule has 1 aromatic heterocycles. The third-order valence-electron chi connectivity index (χ3n) is 2.54. The molecule has 0 spiro atoms. The summed E-state index contributed by atoms with van der Waals surface area (Å²) in [5, 5.41) is 2.34. The van der Waals surface area contributed by atoms with Crippen LogP contribution < -0.4 is 0 Å². The molecule has 0 saturated carbocycles. The number of isothiocyanates is 1. The van der Waals surface area contributed by atoms with Gasteiger partial charge < -0.3 is 0 Å². The summed E-state index contributed by atoms with van der Waals surface area (Å²) in [6.07, 6.45) is 5.89. The standard InChI is InChI=1S/C14H13N3S/c1-2-3-11-8-15-14(16-9-11)12-4-6-13(7-5-12)17-10-18/h4-9H,2-3H2,1H3. The van der Waals surface area contributed by atoms with Crippen LogP contribution in [0.15, 0.2) is 41.7 Å². The van der Waals surface area contributed by atoms with Crippen LogP contribution in [0.3, 0.4) is 0 Å². The van der Waals surface area contributed by atoms with Crippen molar-refractivity contribution in [3.05, 3.63) is 42.2 Å². The minimum atomic E-state index is 0.729. The third-order valence-corrected chi connectivity index (χ3v) is 2.64. The van der Waals surface area contributed by atoms with Gasteiger partial charge in [0.1, 0.15) is 0 Å². The topological polar surface area (TPSA) is 38.1 Å². The molecule has 0 aliphatic heterocycles. The summed E-state index contributed by atoms with van der Waals surface area (Å²) in [5.41, 5.74) is 2.93. The second kappa shape index (κ2) is 6.15. The summed E-state index contributed by atoms with van der Waals surface area (Å²) in [6.45, 7) is 2.14. The van der Waals surface area contributed by atoms with E-state index in [0.717, 1.165) is 29.9 Å². The van der Waals surface area contributed by atoms with Crippen LogP contribution in [0.5, 0.6) is 0 Å². The molecule has 0 unspecified atom stereocenters. The van der Waals surface area contributed by atoms with Crippen molar-refractivity contribution in [2.75, 3.05) is 0 Å². The van der Waals surface area contributed by atoms with Crippen molar-refractivity contribution in [1.82, 2.24) is 9.97 Å². The predicted molar refractivity (Wildman–Crippen MR) is 76.1 cm³/mol. The molecule has 0 radical (unpaired) electrons. The van der Waals surface area contributed by atoms with E-state index in [4.69, 9.17) is 0 Å². The van der Waals surface area contributed by atoms with Crippen LogP contribution in [0.4, 0.5) is 5.69 Å². The summed E-state index contributed by atoms with van der Waals surface area (Å²) in [4.78, 5) is 12.6. The van der Waals surface area contributed by atoms with Crippen LogP contribution in [0.1, 0.15) is 18.9 Å². The van der Waals surface area contributed by atoms with E-state index in [1.807, 2.05) is 36.7 Å². The lowest BCUT2D eigenvalue weighted by atomic mass is 10.2. The van der Waals surface area contributed by atoms with Crippen molar-refractivity contribution < 1.29 is 0 Å². The predicted octanol–water partition coefficient (Wildman–Crippen LogP) is 3.83. The zero-order chi connectivity index (χ0) is 12.8. The number of thiocarbonyl (C=S) groups is 1. The zero-order valence-electron chi connectivity index (χ0n) is 10.1. The van der Waals surface area contributed by atoms with Crippen molar-refractivity contribution in [2.24, 2.45) is 4.99 Å². The van der Waals surface area contributed by atoms with Gasteiger partial charge in [0.2, 0.25) is 0 Å². The van der Waals surface area contributed by atoms with Gasteiger partial charge in [-0.15, -0.1) is 0 Å². The largest absolute Gasteiger partial charge is 0.236 e. The number of nitrogens with zero attached hydrogens (tertiary/aromatic N) is 3. The molecule has 2 rings (SSSR count). The van der Waals surface area contributed by atoms with E-state index in [1.165, 1.54) is 5.56 Å². The molecule has 0 atom stereocenters. The summed E-state index contributed by atoms with van der Waals surface area (Å²) >= 11 is 4.56. The van der Waals surface area contributed by atoms with Crippen molar-refractivity contribution >= 4 is 23.1 Å². The van der Waals surface area contributed by atoms with Gasteiger partial charge in [0.05, 0.1) is 10.8 Å². The molecule has 0 N–H and O–H groups in total. The smallest absolute Gasteiger partial charge is 0.159 e. The number of aliphatic imine (C=N–C) groups is 1. The highest BCUT2D eigenvalue weighted by atomic mass is 32.1. The number of hydrogen-bond acceptors (Lipinski definition) is 4. The quantitative estimate of drug-likeness (QED) is 0.615. The lowest BCUT2D eigenvalue weighted by molar-refractivity contribution is 0.902. The number of rotatable bonds is 4. The molecule has 0 aliphatic rings. The monoisotopic (exact) mass is 255 g/mol. The van der Waals surface area contributed by atoms with Gasteiger partial charge in [0.25, 0.3) is 0 Å². The van der Waals surface area contributed by atoms with Crippen LogP contribution in [-0.4, -0.2) is 15.1 Å². The van der Waals surface area contributed by atoms with Crippen molar-refractivity contribution in [1.29, 1.82) is 0 Å². The van der Waals surface area contributed by atoms with Crippen LogP contribution in [0.25, 0.3) is 11.4 Å². The molecule has 90 valence electrons. The fourth-order valence-electron chi connectivity index (χ4n) is 1.66. The maximum absolute atomic E-state index is 4.56. The maximum atomic E-state index is 4.56. The van der Waals surface area contributed by atoms with Crippen molar-refractivity contribution in [3.63, 3.8) is 0 Å². The van der Waals surface area contributed by atoms with Gasteiger partial charge in [-0.25, -0.2) is 9.97 Å². The fourth-order valence-corrected chi connectivity index (χ4v) is 1.76. The molecule has 2 aromatic rings. The molecule has 1 aromatic carbocycles. The number of hydrogen-bond donors (Lipinski definition) is 0. The Kier molecular flexibility index (Phi) is 4.29. The van der Waals surface area contributed by atoms with E-state index in [-0.39, 0.29) is 0 Å². The van der Waals surface area contributed by atoms with Crippen LogP contribution >= 0.6 is 12.2 Å². The third kappa shape index (κ3) is 3.06. The molecule has 1 heterocycles. The van der Waals surface area contributed by atoms with Crippen molar-refractivity contribution in [2.45, 2.75) is 19.8 Å². The van der Waals surface area contributed by atoms with E-state index in [1.54, 1.807) is 0 Å². The second-order valence-electron chi connectivity index (χ2n) is 3.91. The van der Waals surface area contributed by atoms with Crippen LogP contribution in [0, 0.1) is 0 Å². The summed E-state index contributed by atoms with van der Waals surface area (Å²) in [7, 11) is 0. The first-order valence-electron chi connectivity index (χ1n) is 5.82. The van der Waals surface area contributed by atoms with E-state index >= 15 is 0 Å². The fraction of sp³-hybridized carbons (Fsp3) is 0.214. The Morgan fingerprint density at radius 1 is 1.17 bits per heavy atom. The van der Waals surface area contributed by atoms with E-state index in [0.29, 0.717) is 0 Å². The number of aryl methyl sites for hydroxylation is 1. The Morgan fingerprint density at radius 3 is 2.39 bits per heavy atom. The van der Waals surface area contributed by atoms with E-state index < -0.39 is 0 Å². The molecule has 3 nitrogen and oxygen atoms in total. The molecular weight excluding hydrogens is 242 g/mol. The normalized spacial score (nSPS) is 9.83. The minimum absolute atomic E-state index is 0.729. The SMILES string of the molecule is CCCc1cnc(-c2ccc(N=C=S)cc2)nc1. The van der Waals surface area contributed by atoms with Crippen LogP contribution in [0.2, 0.25) is 0 Å². The summed E-state index contributed by atoms with van der Waals surface area (Å²) < 4.78 is 0. The number of aromatic nitrogens is 2. The van der Waals surface area contributed by atoms with Gasteiger partial charge in [-0.05, 0) is 48.5 Å². The van der Waals surface area contributed by atoms with Gasteiger partial charge in [-0.1, -0.05) is 13.3 Å². The highest BCUT2D eigenvalue weighted by Crippen LogP contribution is 2.19. The Balaban J connectivity index is 2.22. The molecule has 0 amide bonds. The minimum Gasteiger partial charge on any atom is -0.236 e. The number of benzene rings is 1. The average molecular weight is 255 g/mol. The first kappa shape index (κ1) is 12.6. The summed E-state index contributed by atoms with van der Waals surface area (Å²) in [6, 6.07) is 7.61. The van der Waals surface area contributed by atoms with Gasteiger partial charge >= 0.3 is 0 Å². The van der Waals surface area contributed by atoms with Crippen LogP contribution in [-0.2, 0) is 6.42 Å². The Labute approximate surface area is 112 Å². The molecule has 0 aliphatic carbocycles. The van der Waals surface area contributed by atoms with Gasteiger partial charge in [-0.3, -0.25) is 0 Å². The zero-order valence-corrected chi connectivity index (χ0v) is 10.9. The lowest BCUT2D eigenvalue weighted by Gasteiger charge is -2.02. The molecule has 0 fully saturated rings. The second-order valence-corrected chi connectivity index (χ2v) is 4.10. The first-order chi connectivity index (χ1) is 8.83. The van der Waals surface area contributed by atoms with Crippen molar-refractivity contribution in [3.8, 4) is 11.4 Å². The van der Waals surface area contributed by atoms with Gasteiger partial charge in [0, 0.05) is 18.0 Å². The molecule has 18 heavy (non-hydrogen) atoms. The summed E-state index contributed by atoms with van der Waals surface area (Å²) in [5.74, 6) is 0.729. The molecular formula is C14H13N3S. The Morgan fingerprint density at radius 2 is 1.83 bits per heavy atom. The van der Waals surface area contributed by atoms with Gasteiger partial charge in [0.15, 0.2) is 5.82 Å². The first-order valence-corrected chi connectivity index (χ1v) is 6.23. The molecule has 0 saturated heterocycles. The average Bonchev–Trinajstić information content (AvgIpc) is 2.41. The Bertz CT molecular complexity index is 555. The maximum Gasteiger partial charge on any atom is 0.159 e. The highest BCUT2D eigenvalue weighted by Gasteiger charge is 2.01. The van der Waals surface area contributed by atoms with E-state index in [9.17, 15) is 0 Å². The Hall–Kier alpha value is -1.90. The lowest BCUT2D eigenvalue weighted by Crippen LogP contribution is -1.92. The highest BCUT2D eigenvalue weighted by molar-refractivity contribution is 7.78.